The van der Waals surface area contributed by atoms with E-state index in [2.05, 4.69) is 19.3 Å². The SMILES string of the molecule is OCC1(CNc2cccc3c2N=[Se]=N3)CCCCC1. The van der Waals surface area contributed by atoms with Gasteiger partial charge in [-0.3, -0.25) is 0 Å². The Bertz CT molecular complexity index is 531. The number of anilines is 1. The van der Waals surface area contributed by atoms with Gasteiger partial charge in [0.2, 0.25) is 0 Å². The quantitative estimate of drug-likeness (QED) is 0.847. The van der Waals surface area contributed by atoms with E-state index in [0.29, 0.717) is 0 Å². The standard InChI is InChI=1S/C14H19N3OSe/c18-10-14(7-2-1-3-8-14)9-15-11-5-4-6-12-13(11)17-19-16-12/h4-6,15,18H,1-3,7-10H2. The van der Waals surface area contributed by atoms with Crippen molar-refractivity contribution in [3.8, 4) is 0 Å². The molecule has 19 heavy (non-hydrogen) atoms. The van der Waals surface area contributed by atoms with Gasteiger partial charge in [0.05, 0.1) is 0 Å². The number of aliphatic hydroxyl groups excluding tert-OH is 1. The number of hydrogen-bond acceptors (Lipinski definition) is 4. The number of benzene rings is 1. The second-order valence-corrected chi connectivity index (χ2v) is 6.62. The molecular formula is C14H19N3OSe. The first-order valence-corrected chi connectivity index (χ1v) is 8.42. The van der Waals surface area contributed by atoms with Crippen LogP contribution in [-0.2, 0) is 0 Å². The van der Waals surface area contributed by atoms with Crippen LogP contribution in [0, 0.1) is 5.41 Å². The van der Waals surface area contributed by atoms with E-state index < -0.39 is 0 Å². The van der Waals surface area contributed by atoms with Gasteiger partial charge in [-0.05, 0) is 0 Å². The number of fused-ring (bicyclic) bond motifs is 1. The first kappa shape index (κ1) is 13.1. The Morgan fingerprint density at radius 2 is 2.05 bits per heavy atom. The number of rotatable bonds is 4. The predicted molar refractivity (Wildman–Crippen MR) is 77.5 cm³/mol. The predicted octanol–water partition coefficient (Wildman–Crippen LogP) is 3.39. The van der Waals surface area contributed by atoms with Crippen LogP contribution in [0.2, 0.25) is 0 Å². The fourth-order valence-electron chi connectivity index (χ4n) is 2.92. The summed E-state index contributed by atoms with van der Waals surface area (Å²) in [5.41, 5.74) is 3.14. The van der Waals surface area contributed by atoms with Crippen LogP contribution in [0.15, 0.2) is 26.1 Å². The normalized spacial score (nSPS) is 19.8. The summed E-state index contributed by atoms with van der Waals surface area (Å²) in [4.78, 5) is 0. The van der Waals surface area contributed by atoms with E-state index in [1.165, 1.54) is 19.3 Å². The van der Waals surface area contributed by atoms with Crippen LogP contribution < -0.4 is 5.32 Å². The van der Waals surface area contributed by atoms with Crippen LogP contribution in [-0.4, -0.2) is 32.8 Å². The molecule has 4 nitrogen and oxygen atoms in total. The molecule has 0 bridgehead atoms. The van der Waals surface area contributed by atoms with Crippen molar-refractivity contribution < 1.29 is 5.11 Å². The molecular weight excluding hydrogens is 305 g/mol. The van der Waals surface area contributed by atoms with E-state index in [4.69, 9.17) is 0 Å². The van der Waals surface area contributed by atoms with Gasteiger partial charge in [-0.1, -0.05) is 0 Å². The summed E-state index contributed by atoms with van der Waals surface area (Å²) >= 11 is 0.0135. The summed E-state index contributed by atoms with van der Waals surface area (Å²) in [5.74, 6) is 0. The van der Waals surface area contributed by atoms with Crippen LogP contribution in [0.25, 0.3) is 0 Å². The molecule has 102 valence electrons. The Kier molecular flexibility index (Phi) is 3.87. The van der Waals surface area contributed by atoms with E-state index in [1.54, 1.807) is 0 Å². The average molecular weight is 324 g/mol. The molecule has 3 rings (SSSR count). The molecule has 0 spiro atoms. The molecule has 5 heteroatoms. The van der Waals surface area contributed by atoms with Gasteiger partial charge in [0.1, 0.15) is 0 Å². The Hall–Kier alpha value is -0.901. The Morgan fingerprint density at radius 1 is 1.21 bits per heavy atom. The summed E-state index contributed by atoms with van der Waals surface area (Å²) in [6.45, 7) is 1.11. The third-order valence-corrected chi connectivity index (χ3v) is 5.33. The molecule has 0 unspecified atom stereocenters. The van der Waals surface area contributed by atoms with Gasteiger partial charge in [-0.15, -0.1) is 0 Å². The number of hydrogen-bond donors (Lipinski definition) is 2. The molecule has 1 fully saturated rings. The van der Waals surface area contributed by atoms with Crippen molar-refractivity contribution >= 4 is 31.6 Å². The summed E-state index contributed by atoms with van der Waals surface area (Å²) in [6, 6.07) is 6.10. The van der Waals surface area contributed by atoms with Crippen molar-refractivity contribution in [2.75, 3.05) is 18.5 Å². The molecule has 0 saturated heterocycles. The van der Waals surface area contributed by atoms with E-state index >= 15 is 0 Å². The monoisotopic (exact) mass is 325 g/mol. The van der Waals surface area contributed by atoms with Crippen molar-refractivity contribution in [2.45, 2.75) is 32.1 Å². The van der Waals surface area contributed by atoms with Crippen molar-refractivity contribution in [3.05, 3.63) is 18.2 Å². The minimum absolute atomic E-state index is 0.0135. The second kappa shape index (κ2) is 5.61. The average Bonchev–Trinajstić information content (AvgIpc) is 2.95. The molecule has 1 aliphatic carbocycles. The van der Waals surface area contributed by atoms with Gasteiger partial charge in [-0.25, -0.2) is 0 Å². The maximum atomic E-state index is 9.73. The molecule has 1 aromatic carbocycles. The Labute approximate surface area is 119 Å². The molecule has 2 N–H and O–H groups in total. The van der Waals surface area contributed by atoms with E-state index in [9.17, 15) is 5.11 Å². The van der Waals surface area contributed by atoms with Crippen molar-refractivity contribution in [3.63, 3.8) is 0 Å². The van der Waals surface area contributed by atoms with E-state index in [1.807, 2.05) is 12.1 Å². The molecule has 1 heterocycles. The van der Waals surface area contributed by atoms with Crippen molar-refractivity contribution in [1.29, 1.82) is 0 Å². The number of nitrogens with zero attached hydrogens (tertiary/aromatic N) is 2. The van der Waals surface area contributed by atoms with Gasteiger partial charge >= 0.3 is 119 Å². The zero-order valence-electron chi connectivity index (χ0n) is 10.9. The van der Waals surface area contributed by atoms with Crippen molar-refractivity contribution in [2.24, 2.45) is 13.3 Å². The maximum absolute atomic E-state index is 9.73. The van der Waals surface area contributed by atoms with Crippen LogP contribution in [0.4, 0.5) is 17.1 Å². The van der Waals surface area contributed by atoms with Gasteiger partial charge in [-0.2, -0.15) is 0 Å². The Balaban J connectivity index is 1.72. The molecule has 0 atom stereocenters. The summed E-state index contributed by atoms with van der Waals surface area (Å²) in [7, 11) is 0. The summed E-state index contributed by atoms with van der Waals surface area (Å²) < 4.78 is 8.88. The number of aliphatic hydroxyl groups is 1. The molecule has 0 amide bonds. The topological polar surface area (TPSA) is 57.0 Å². The first-order valence-electron chi connectivity index (χ1n) is 6.89. The van der Waals surface area contributed by atoms with Crippen LogP contribution in [0.3, 0.4) is 0 Å². The van der Waals surface area contributed by atoms with Gasteiger partial charge in [0.25, 0.3) is 0 Å². The third kappa shape index (κ3) is 2.69. The van der Waals surface area contributed by atoms with Gasteiger partial charge in [0, 0.05) is 0 Å². The first-order chi connectivity index (χ1) is 9.33. The summed E-state index contributed by atoms with van der Waals surface area (Å²) in [6.07, 6.45) is 6.02. The van der Waals surface area contributed by atoms with E-state index in [0.717, 1.165) is 36.4 Å². The zero-order valence-corrected chi connectivity index (χ0v) is 12.6. The van der Waals surface area contributed by atoms with Crippen LogP contribution in [0.5, 0.6) is 0 Å². The fourth-order valence-corrected chi connectivity index (χ4v) is 4.08. The zero-order chi connectivity index (χ0) is 13.1. The molecule has 0 radical (unpaired) electrons. The fraction of sp³-hybridized carbons (Fsp3) is 0.571. The Morgan fingerprint density at radius 3 is 2.84 bits per heavy atom. The van der Waals surface area contributed by atoms with Gasteiger partial charge in [0.15, 0.2) is 0 Å². The molecule has 0 aromatic heterocycles. The van der Waals surface area contributed by atoms with Crippen LogP contribution in [0.1, 0.15) is 32.1 Å². The van der Waals surface area contributed by atoms with Gasteiger partial charge < -0.3 is 0 Å². The third-order valence-electron chi connectivity index (χ3n) is 4.19. The molecule has 1 aliphatic heterocycles. The minimum atomic E-state index is 0.0135. The van der Waals surface area contributed by atoms with Crippen molar-refractivity contribution in [1.82, 2.24) is 0 Å². The number of nitrogens with one attached hydrogen (secondary N) is 1. The van der Waals surface area contributed by atoms with E-state index in [-0.39, 0.29) is 26.6 Å². The second-order valence-electron chi connectivity index (χ2n) is 5.51. The molecule has 1 aromatic rings. The molecule has 1 saturated carbocycles. The summed E-state index contributed by atoms with van der Waals surface area (Å²) in [5, 5.41) is 13.2. The molecule has 2 aliphatic rings. The van der Waals surface area contributed by atoms with Crippen LogP contribution >= 0.6 is 0 Å².